The lowest BCUT2D eigenvalue weighted by Crippen LogP contribution is -2.66. The smallest absolute Gasteiger partial charge is 0.331 e. The van der Waals surface area contributed by atoms with Gasteiger partial charge in [-0.3, -0.25) is 0 Å². The van der Waals surface area contributed by atoms with Crippen LogP contribution in [0.15, 0.2) is 36.4 Å². The SMILES string of the molecule is C=C(C)[C@@H]1CC[C@@]2(C)CC[C@@]3(C)[C@H](CC[C@H]4[C@]5(C)CC[C@@H](OC(=O)C=Cc6ccc(O)c(O)c6)C(C)(C)[C@@H]5CC[C@]43C)[C@H]12. The van der Waals surface area contributed by atoms with Gasteiger partial charge in [-0.1, -0.05) is 59.8 Å². The van der Waals surface area contributed by atoms with E-state index in [1.54, 1.807) is 12.1 Å². The lowest BCUT2D eigenvalue weighted by molar-refractivity contribution is -0.248. The molecule has 0 amide bonds. The molecule has 1 aromatic carbocycles. The Morgan fingerprint density at radius 1 is 0.860 bits per heavy atom. The zero-order valence-electron chi connectivity index (χ0n) is 27.8. The van der Waals surface area contributed by atoms with Crippen LogP contribution in [0.25, 0.3) is 6.08 Å². The van der Waals surface area contributed by atoms with Crippen molar-refractivity contribution in [3.05, 3.63) is 42.0 Å². The second-order valence-electron chi connectivity index (χ2n) is 17.2. The number of allylic oxidation sites excluding steroid dienone is 1. The summed E-state index contributed by atoms with van der Waals surface area (Å²) in [6, 6.07) is 4.54. The number of rotatable bonds is 4. The Kier molecular flexibility index (Phi) is 7.26. The summed E-state index contributed by atoms with van der Waals surface area (Å²) in [5.74, 6) is 2.79. The standard InChI is InChI=1S/C39H56O4/c1-24(2)26-15-18-36(5)21-22-38(7)27(34(26)36)11-13-31-37(6)19-17-32(35(3,4)30(37)16-20-39(31,38)8)43-33(42)14-10-25-9-12-28(40)29(41)23-25/h9-10,12,14,23,26-27,30-32,34,40-41H,1,11,13,15-22H2,2-8H3/t26-,27+,30-,31-,32+,34-,36-,37+,38-,39+/m0/s1. The fourth-order valence-corrected chi connectivity index (χ4v) is 12.7. The van der Waals surface area contributed by atoms with Crippen molar-refractivity contribution < 1.29 is 19.7 Å². The first-order valence-corrected chi connectivity index (χ1v) is 17.1. The number of ether oxygens (including phenoxy) is 1. The quantitative estimate of drug-likeness (QED) is 0.159. The molecule has 0 bridgehead atoms. The van der Waals surface area contributed by atoms with Gasteiger partial charge in [-0.2, -0.15) is 0 Å². The Bertz CT molecular complexity index is 1330. The number of esters is 1. The summed E-state index contributed by atoms with van der Waals surface area (Å²) in [6.45, 7) is 22.1. The first-order valence-electron chi connectivity index (χ1n) is 17.1. The number of benzene rings is 1. The van der Waals surface area contributed by atoms with E-state index in [2.05, 4.69) is 55.0 Å². The van der Waals surface area contributed by atoms with Gasteiger partial charge in [0.1, 0.15) is 6.10 Å². The van der Waals surface area contributed by atoms with Crippen molar-refractivity contribution in [3.8, 4) is 11.5 Å². The van der Waals surface area contributed by atoms with Crippen LogP contribution in [0.3, 0.4) is 0 Å². The third-order valence-corrected chi connectivity index (χ3v) is 15.1. The molecule has 0 radical (unpaired) electrons. The molecule has 0 saturated heterocycles. The van der Waals surface area contributed by atoms with Crippen molar-refractivity contribution in [2.75, 3.05) is 0 Å². The highest BCUT2D eigenvalue weighted by Gasteiger charge is 2.70. The van der Waals surface area contributed by atoms with Crippen LogP contribution in [0.4, 0.5) is 0 Å². The van der Waals surface area contributed by atoms with Gasteiger partial charge in [0.05, 0.1) is 0 Å². The summed E-state index contributed by atoms with van der Waals surface area (Å²) < 4.78 is 6.19. The monoisotopic (exact) mass is 588 g/mol. The second kappa shape index (κ2) is 10.1. The van der Waals surface area contributed by atoms with E-state index in [4.69, 9.17) is 4.74 Å². The Labute approximate surface area is 260 Å². The van der Waals surface area contributed by atoms with Gasteiger partial charge in [0.15, 0.2) is 11.5 Å². The van der Waals surface area contributed by atoms with Crippen LogP contribution in [0.1, 0.15) is 118 Å². The topological polar surface area (TPSA) is 66.8 Å². The maximum absolute atomic E-state index is 13.0. The lowest BCUT2D eigenvalue weighted by Gasteiger charge is -2.73. The van der Waals surface area contributed by atoms with Crippen molar-refractivity contribution in [1.82, 2.24) is 0 Å². The molecule has 5 aliphatic rings. The van der Waals surface area contributed by atoms with Gasteiger partial charge in [0.2, 0.25) is 0 Å². The molecule has 0 aliphatic heterocycles. The molecule has 1 aromatic rings. The molecule has 0 aromatic heterocycles. The van der Waals surface area contributed by atoms with Crippen LogP contribution >= 0.6 is 0 Å². The number of carbonyl (C=O) groups is 1. The molecule has 2 N–H and O–H groups in total. The molecule has 5 saturated carbocycles. The average Bonchev–Trinajstić information content (AvgIpc) is 3.29. The minimum atomic E-state index is -0.336. The molecule has 6 rings (SSSR count). The first kappa shape index (κ1) is 30.8. The Balaban J connectivity index is 1.22. The maximum Gasteiger partial charge on any atom is 0.331 e. The van der Waals surface area contributed by atoms with Gasteiger partial charge < -0.3 is 14.9 Å². The van der Waals surface area contributed by atoms with Crippen molar-refractivity contribution in [1.29, 1.82) is 0 Å². The molecule has 10 atom stereocenters. The van der Waals surface area contributed by atoms with E-state index in [1.807, 2.05) is 0 Å². The number of phenolic OH excluding ortho intramolecular Hbond substituents is 2. The molecular formula is C39H56O4. The number of hydrogen-bond donors (Lipinski definition) is 2. The van der Waals surface area contributed by atoms with E-state index < -0.39 is 0 Å². The Morgan fingerprint density at radius 2 is 1.60 bits per heavy atom. The third-order valence-electron chi connectivity index (χ3n) is 15.1. The van der Waals surface area contributed by atoms with E-state index >= 15 is 0 Å². The lowest BCUT2D eigenvalue weighted by atomic mass is 9.32. The number of fused-ring (bicyclic) bond motifs is 7. The Hall–Kier alpha value is -2.23. The highest BCUT2D eigenvalue weighted by Crippen LogP contribution is 2.77. The number of aromatic hydroxyl groups is 2. The van der Waals surface area contributed by atoms with E-state index in [9.17, 15) is 15.0 Å². The fraction of sp³-hybridized carbons (Fsp3) is 0.718. The van der Waals surface area contributed by atoms with Crippen LogP contribution in [-0.4, -0.2) is 22.3 Å². The van der Waals surface area contributed by atoms with Crippen LogP contribution in [0.5, 0.6) is 11.5 Å². The van der Waals surface area contributed by atoms with Crippen molar-refractivity contribution >= 4 is 12.0 Å². The van der Waals surface area contributed by atoms with Gasteiger partial charge in [0, 0.05) is 11.5 Å². The van der Waals surface area contributed by atoms with Gasteiger partial charge >= 0.3 is 5.97 Å². The molecule has 4 nitrogen and oxygen atoms in total. The predicted octanol–water partition coefficient (Wildman–Crippen LogP) is 9.70. The summed E-state index contributed by atoms with van der Waals surface area (Å²) >= 11 is 0. The molecule has 236 valence electrons. The molecule has 4 heteroatoms. The van der Waals surface area contributed by atoms with Crippen molar-refractivity contribution in [3.63, 3.8) is 0 Å². The highest BCUT2D eigenvalue weighted by atomic mass is 16.5. The van der Waals surface area contributed by atoms with Gasteiger partial charge in [-0.05, 0) is 146 Å². The van der Waals surface area contributed by atoms with Crippen LogP contribution in [0, 0.1) is 56.7 Å². The zero-order valence-corrected chi connectivity index (χ0v) is 27.8. The van der Waals surface area contributed by atoms with Gasteiger partial charge in [-0.15, -0.1) is 0 Å². The van der Waals surface area contributed by atoms with E-state index in [-0.39, 0.29) is 34.4 Å². The van der Waals surface area contributed by atoms with Crippen molar-refractivity contribution in [2.24, 2.45) is 56.7 Å². The molecule has 5 aliphatic carbocycles. The molecule has 5 fully saturated rings. The highest BCUT2D eigenvalue weighted by molar-refractivity contribution is 5.87. The molecule has 0 spiro atoms. The number of carbonyl (C=O) groups excluding carboxylic acids is 1. The summed E-state index contributed by atoms with van der Waals surface area (Å²) in [4.78, 5) is 13.0. The largest absolute Gasteiger partial charge is 0.504 e. The van der Waals surface area contributed by atoms with Crippen LogP contribution < -0.4 is 0 Å². The third kappa shape index (κ3) is 4.46. The molecule has 0 unspecified atom stereocenters. The number of phenols is 2. The summed E-state index contributed by atoms with van der Waals surface area (Å²) in [5.41, 5.74) is 3.40. The van der Waals surface area contributed by atoms with Crippen LogP contribution in [0.2, 0.25) is 0 Å². The summed E-state index contributed by atoms with van der Waals surface area (Å²) in [7, 11) is 0. The normalized spacial score (nSPS) is 45.0. The van der Waals surface area contributed by atoms with Gasteiger partial charge in [-0.25, -0.2) is 4.79 Å². The number of hydrogen-bond acceptors (Lipinski definition) is 4. The molecular weight excluding hydrogens is 532 g/mol. The zero-order chi connectivity index (χ0) is 31.2. The predicted molar refractivity (Wildman–Crippen MR) is 173 cm³/mol. The maximum atomic E-state index is 13.0. The van der Waals surface area contributed by atoms with E-state index in [0.717, 1.165) is 24.7 Å². The summed E-state index contributed by atoms with van der Waals surface area (Å²) in [5, 5.41) is 19.4. The van der Waals surface area contributed by atoms with E-state index in [0.29, 0.717) is 39.6 Å². The first-order chi connectivity index (χ1) is 20.1. The Morgan fingerprint density at radius 3 is 2.30 bits per heavy atom. The average molecular weight is 589 g/mol. The fourth-order valence-electron chi connectivity index (χ4n) is 12.7. The molecule has 43 heavy (non-hydrogen) atoms. The minimum Gasteiger partial charge on any atom is -0.504 e. The van der Waals surface area contributed by atoms with E-state index in [1.165, 1.54) is 75.1 Å². The van der Waals surface area contributed by atoms with Crippen LogP contribution in [-0.2, 0) is 9.53 Å². The minimum absolute atomic E-state index is 0.103. The second-order valence-corrected chi connectivity index (χ2v) is 17.2. The van der Waals surface area contributed by atoms with Crippen molar-refractivity contribution in [2.45, 2.75) is 119 Å². The molecule has 0 heterocycles. The summed E-state index contributed by atoms with van der Waals surface area (Å²) in [6.07, 6.45) is 15.6. The van der Waals surface area contributed by atoms with Gasteiger partial charge in [0.25, 0.3) is 0 Å².